The van der Waals surface area contributed by atoms with Gasteiger partial charge in [0, 0.05) is 16.0 Å². The summed E-state index contributed by atoms with van der Waals surface area (Å²) in [5, 5.41) is 0.675. The van der Waals surface area contributed by atoms with Crippen LogP contribution in [0.4, 0.5) is 0 Å². The molecule has 0 radical (unpaired) electrons. The molecule has 7 heteroatoms. The molecular formula is C17H17BrClN3O2. The highest BCUT2D eigenvalue weighted by Gasteiger charge is 2.11. The third-order valence-corrected chi connectivity index (χ3v) is 4.16. The van der Waals surface area contributed by atoms with Gasteiger partial charge in [0.2, 0.25) is 0 Å². The number of benzene rings is 2. The van der Waals surface area contributed by atoms with Gasteiger partial charge in [-0.25, -0.2) is 0 Å². The number of nitrogens with zero attached hydrogens (tertiary/aromatic N) is 1. The van der Waals surface area contributed by atoms with E-state index in [4.69, 9.17) is 11.6 Å². The summed E-state index contributed by atoms with van der Waals surface area (Å²) in [6.07, 6.45) is 0. The highest BCUT2D eigenvalue weighted by Crippen LogP contribution is 2.15. The van der Waals surface area contributed by atoms with Crippen molar-refractivity contribution in [3.63, 3.8) is 0 Å². The molecular weight excluding hydrogens is 394 g/mol. The van der Waals surface area contributed by atoms with Crippen LogP contribution in [0.5, 0.6) is 0 Å². The third kappa shape index (κ3) is 5.63. The Morgan fingerprint density at radius 2 is 1.75 bits per heavy atom. The van der Waals surface area contributed by atoms with Gasteiger partial charge < -0.3 is 0 Å². The number of carbonyl (C=O) groups is 2. The second kappa shape index (κ2) is 8.82. The van der Waals surface area contributed by atoms with E-state index in [2.05, 4.69) is 26.8 Å². The van der Waals surface area contributed by atoms with Crippen LogP contribution < -0.4 is 10.9 Å². The van der Waals surface area contributed by atoms with Crippen molar-refractivity contribution in [2.75, 3.05) is 13.6 Å². The lowest BCUT2D eigenvalue weighted by Gasteiger charge is -2.16. The lowest BCUT2D eigenvalue weighted by Crippen LogP contribution is -2.45. The maximum absolute atomic E-state index is 12.0. The molecule has 2 amide bonds. The van der Waals surface area contributed by atoms with Crippen LogP contribution in [0, 0.1) is 0 Å². The fourth-order valence-corrected chi connectivity index (χ4v) is 2.67. The molecule has 126 valence electrons. The van der Waals surface area contributed by atoms with Crippen molar-refractivity contribution in [2.45, 2.75) is 6.54 Å². The van der Waals surface area contributed by atoms with Gasteiger partial charge in [-0.1, -0.05) is 35.9 Å². The summed E-state index contributed by atoms with van der Waals surface area (Å²) in [4.78, 5) is 25.8. The molecule has 2 rings (SSSR count). The molecule has 0 heterocycles. The van der Waals surface area contributed by atoms with Crippen molar-refractivity contribution in [1.29, 1.82) is 0 Å². The highest BCUT2D eigenvalue weighted by atomic mass is 79.9. The van der Waals surface area contributed by atoms with E-state index in [1.165, 1.54) is 0 Å². The van der Waals surface area contributed by atoms with E-state index < -0.39 is 0 Å². The standard InChI is InChI=1S/C17H17BrClN3O2/c1-22(10-12-6-8-13(19)9-7-12)11-16(23)20-21-17(24)14-4-2-3-5-15(14)18/h2-9H,10-11H2,1H3,(H,20,23)(H,21,24). The van der Waals surface area contributed by atoms with Crippen LogP contribution in [0.15, 0.2) is 53.0 Å². The maximum atomic E-state index is 12.0. The van der Waals surface area contributed by atoms with Crippen LogP contribution in [0.1, 0.15) is 15.9 Å². The van der Waals surface area contributed by atoms with Crippen LogP contribution in [0.2, 0.25) is 5.02 Å². The predicted molar refractivity (Wildman–Crippen MR) is 97.5 cm³/mol. The molecule has 0 unspecified atom stereocenters. The van der Waals surface area contributed by atoms with Gasteiger partial charge in [-0.3, -0.25) is 25.3 Å². The molecule has 5 nitrogen and oxygen atoms in total. The average molecular weight is 411 g/mol. The molecule has 24 heavy (non-hydrogen) atoms. The quantitative estimate of drug-likeness (QED) is 0.745. The number of hydrazine groups is 1. The predicted octanol–water partition coefficient (Wildman–Crippen LogP) is 3.00. The van der Waals surface area contributed by atoms with E-state index >= 15 is 0 Å². The summed E-state index contributed by atoms with van der Waals surface area (Å²) >= 11 is 9.14. The van der Waals surface area contributed by atoms with Gasteiger partial charge in [0.15, 0.2) is 0 Å². The zero-order valence-electron chi connectivity index (χ0n) is 13.1. The largest absolute Gasteiger partial charge is 0.293 e. The molecule has 2 N–H and O–H groups in total. The van der Waals surface area contributed by atoms with Gasteiger partial charge in [0.1, 0.15) is 0 Å². The molecule has 0 aliphatic rings. The Balaban J connectivity index is 1.79. The Labute approximate surface area is 154 Å². The Hall–Kier alpha value is -1.89. The van der Waals surface area contributed by atoms with E-state index in [0.29, 0.717) is 21.6 Å². The summed E-state index contributed by atoms with van der Waals surface area (Å²) in [6, 6.07) is 14.4. The first-order valence-corrected chi connectivity index (χ1v) is 8.39. The Kier molecular flexibility index (Phi) is 6.78. The lowest BCUT2D eigenvalue weighted by molar-refractivity contribution is -0.122. The van der Waals surface area contributed by atoms with Gasteiger partial charge >= 0.3 is 0 Å². The lowest BCUT2D eigenvalue weighted by atomic mass is 10.2. The molecule has 0 bridgehead atoms. The first kappa shape index (κ1) is 18.4. The minimum absolute atomic E-state index is 0.152. The van der Waals surface area contributed by atoms with Crippen LogP contribution in [-0.2, 0) is 11.3 Å². The van der Waals surface area contributed by atoms with Gasteiger partial charge in [-0.05, 0) is 52.8 Å². The molecule has 0 saturated carbocycles. The number of hydrogen-bond acceptors (Lipinski definition) is 3. The fraction of sp³-hybridized carbons (Fsp3) is 0.176. The number of hydrogen-bond donors (Lipinski definition) is 2. The van der Waals surface area contributed by atoms with Gasteiger partial charge in [0.25, 0.3) is 11.8 Å². The summed E-state index contributed by atoms with van der Waals surface area (Å²) in [7, 11) is 1.82. The zero-order chi connectivity index (χ0) is 17.5. The van der Waals surface area contributed by atoms with Crippen molar-refractivity contribution in [3.05, 3.63) is 69.2 Å². The van der Waals surface area contributed by atoms with Gasteiger partial charge in [-0.2, -0.15) is 0 Å². The number of carbonyl (C=O) groups excluding carboxylic acids is 2. The minimum atomic E-state index is -0.379. The first-order chi connectivity index (χ1) is 11.5. The number of halogens is 2. The molecule has 0 atom stereocenters. The summed E-state index contributed by atoms with van der Waals surface area (Å²) < 4.78 is 0.664. The minimum Gasteiger partial charge on any atom is -0.293 e. The average Bonchev–Trinajstić information content (AvgIpc) is 2.55. The molecule has 0 aliphatic heterocycles. The van der Waals surface area contributed by atoms with E-state index in [9.17, 15) is 9.59 Å². The third-order valence-electron chi connectivity index (χ3n) is 3.21. The number of amides is 2. The molecule has 2 aromatic rings. The molecule has 0 saturated heterocycles. The first-order valence-electron chi connectivity index (χ1n) is 7.22. The van der Waals surface area contributed by atoms with Gasteiger partial charge in [-0.15, -0.1) is 0 Å². The van der Waals surface area contributed by atoms with Crippen molar-refractivity contribution in [2.24, 2.45) is 0 Å². The van der Waals surface area contributed by atoms with E-state index in [-0.39, 0.29) is 18.4 Å². The maximum Gasteiger partial charge on any atom is 0.270 e. The molecule has 0 aromatic heterocycles. The fourth-order valence-electron chi connectivity index (χ4n) is 2.08. The topological polar surface area (TPSA) is 61.4 Å². The van der Waals surface area contributed by atoms with E-state index in [1.54, 1.807) is 18.2 Å². The van der Waals surface area contributed by atoms with Crippen molar-refractivity contribution < 1.29 is 9.59 Å². The monoisotopic (exact) mass is 409 g/mol. The molecule has 0 aliphatic carbocycles. The van der Waals surface area contributed by atoms with Crippen LogP contribution in [-0.4, -0.2) is 30.3 Å². The molecule has 0 fully saturated rings. The molecule has 2 aromatic carbocycles. The summed E-state index contributed by atoms with van der Waals surface area (Å²) in [5.74, 6) is -0.678. The smallest absolute Gasteiger partial charge is 0.270 e. The van der Waals surface area contributed by atoms with Crippen LogP contribution in [0.25, 0.3) is 0 Å². The Bertz CT molecular complexity index is 722. The van der Waals surface area contributed by atoms with Gasteiger partial charge in [0.05, 0.1) is 12.1 Å². The Morgan fingerprint density at radius 3 is 2.42 bits per heavy atom. The van der Waals surface area contributed by atoms with Crippen molar-refractivity contribution >= 4 is 39.3 Å². The molecule has 0 spiro atoms. The zero-order valence-corrected chi connectivity index (χ0v) is 15.4. The normalized spacial score (nSPS) is 10.5. The Morgan fingerprint density at radius 1 is 1.08 bits per heavy atom. The number of likely N-dealkylation sites (N-methyl/N-ethyl adjacent to an activating group) is 1. The van der Waals surface area contributed by atoms with E-state index in [0.717, 1.165) is 5.56 Å². The van der Waals surface area contributed by atoms with Crippen LogP contribution in [0.3, 0.4) is 0 Å². The second-order valence-electron chi connectivity index (χ2n) is 5.28. The van der Waals surface area contributed by atoms with Crippen molar-refractivity contribution in [1.82, 2.24) is 15.8 Å². The SMILES string of the molecule is CN(CC(=O)NNC(=O)c1ccccc1Br)Cc1ccc(Cl)cc1. The second-order valence-corrected chi connectivity index (χ2v) is 6.57. The van der Waals surface area contributed by atoms with Crippen molar-refractivity contribution in [3.8, 4) is 0 Å². The number of nitrogens with one attached hydrogen (secondary N) is 2. The summed E-state index contributed by atoms with van der Waals surface area (Å²) in [6.45, 7) is 0.752. The van der Waals surface area contributed by atoms with Crippen LogP contribution >= 0.6 is 27.5 Å². The summed E-state index contributed by atoms with van der Waals surface area (Å²) in [5.41, 5.74) is 6.31. The highest BCUT2D eigenvalue weighted by molar-refractivity contribution is 9.10. The van der Waals surface area contributed by atoms with E-state index in [1.807, 2.05) is 42.3 Å². The number of rotatable bonds is 5.